The van der Waals surface area contributed by atoms with Crippen LogP contribution in [0.4, 0.5) is 0 Å². The molecule has 0 aliphatic rings. The van der Waals surface area contributed by atoms with Crippen molar-refractivity contribution in [3.05, 3.63) is 63.4 Å². The van der Waals surface area contributed by atoms with E-state index in [-0.39, 0.29) is 47.5 Å². The highest BCUT2D eigenvalue weighted by molar-refractivity contribution is 6.03. The van der Waals surface area contributed by atoms with Gasteiger partial charge in [-0.3, -0.25) is 14.2 Å². The zero-order chi connectivity index (χ0) is 21.1. The summed E-state index contributed by atoms with van der Waals surface area (Å²) >= 11 is 0. The van der Waals surface area contributed by atoms with E-state index in [4.69, 9.17) is 9.15 Å². The first-order valence-electron chi connectivity index (χ1n) is 9.34. The number of aryl methyl sites for hydroxylation is 2. The van der Waals surface area contributed by atoms with Crippen molar-refractivity contribution in [2.45, 2.75) is 40.3 Å². The summed E-state index contributed by atoms with van der Waals surface area (Å²) in [6.45, 7) is 7.02. The Morgan fingerprint density at radius 2 is 2.00 bits per heavy atom. The maximum atomic E-state index is 12.9. The van der Waals surface area contributed by atoms with E-state index in [0.29, 0.717) is 0 Å². The van der Waals surface area contributed by atoms with Crippen LogP contribution in [0, 0.1) is 13.8 Å². The second kappa shape index (κ2) is 8.30. The molecule has 8 nitrogen and oxygen atoms in total. The fourth-order valence-electron chi connectivity index (χ4n) is 3.29. The SMILES string of the molecule is CCOC(=O)c1c(C)oc2ncn(CC(=O)N[C@@H](C)c3ccccc3C)c(=O)c12. The number of furan rings is 1. The molecule has 1 atom stereocenters. The molecule has 0 bridgehead atoms. The summed E-state index contributed by atoms with van der Waals surface area (Å²) < 4.78 is 11.6. The van der Waals surface area contributed by atoms with Gasteiger partial charge in [0.25, 0.3) is 5.56 Å². The van der Waals surface area contributed by atoms with Gasteiger partial charge >= 0.3 is 5.97 Å². The van der Waals surface area contributed by atoms with Crippen LogP contribution in [0.25, 0.3) is 11.1 Å². The smallest absolute Gasteiger partial charge is 0.342 e. The Kier molecular flexibility index (Phi) is 5.81. The van der Waals surface area contributed by atoms with Gasteiger partial charge in [-0.15, -0.1) is 0 Å². The number of carbonyl (C=O) groups excluding carboxylic acids is 2. The number of aromatic nitrogens is 2. The van der Waals surface area contributed by atoms with Gasteiger partial charge in [-0.05, 0) is 38.8 Å². The average molecular weight is 397 g/mol. The van der Waals surface area contributed by atoms with E-state index in [1.54, 1.807) is 13.8 Å². The summed E-state index contributed by atoms with van der Waals surface area (Å²) in [6, 6.07) is 7.54. The Morgan fingerprint density at radius 3 is 2.69 bits per heavy atom. The van der Waals surface area contributed by atoms with Crippen molar-refractivity contribution in [2.75, 3.05) is 6.61 Å². The van der Waals surface area contributed by atoms with Crippen LogP contribution < -0.4 is 10.9 Å². The molecule has 0 aliphatic carbocycles. The van der Waals surface area contributed by atoms with Crippen molar-refractivity contribution < 1.29 is 18.7 Å². The molecule has 0 unspecified atom stereocenters. The first-order chi connectivity index (χ1) is 13.8. The maximum absolute atomic E-state index is 12.9. The van der Waals surface area contributed by atoms with Crippen LogP contribution in [-0.4, -0.2) is 28.0 Å². The van der Waals surface area contributed by atoms with Gasteiger partial charge in [-0.25, -0.2) is 9.78 Å². The van der Waals surface area contributed by atoms with Crippen molar-refractivity contribution in [3.63, 3.8) is 0 Å². The Balaban J connectivity index is 1.87. The first-order valence-corrected chi connectivity index (χ1v) is 9.34. The van der Waals surface area contributed by atoms with Gasteiger partial charge in [0.05, 0.1) is 12.6 Å². The molecule has 0 fully saturated rings. The topological polar surface area (TPSA) is 103 Å². The van der Waals surface area contributed by atoms with Gasteiger partial charge in [-0.2, -0.15) is 0 Å². The highest BCUT2D eigenvalue weighted by Crippen LogP contribution is 2.22. The van der Waals surface area contributed by atoms with E-state index in [1.165, 1.54) is 6.33 Å². The Morgan fingerprint density at radius 1 is 1.28 bits per heavy atom. The lowest BCUT2D eigenvalue weighted by atomic mass is 10.0. The number of hydrogen-bond acceptors (Lipinski definition) is 6. The van der Waals surface area contributed by atoms with Crippen molar-refractivity contribution >= 4 is 23.0 Å². The minimum absolute atomic E-state index is 0.0169. The molecule has 1 N–H and O–H groups in total. The van der Waals surface area contributed by atoms with E-state index in [1.807, 2.05) is 38.1 Å². The number of nitrogens with zero attached hydrogens (tertiary/aromatic N) is 2. The lowest BCUT2D eigenvalue weighted by Gasteiger charge is -2.17. The number of benzene rings is 1. The molecule has 0 saturated heterocycles. The van der Waals surface area contributed by atoms with Gasteiger partial charge in [0, 0.05) is 0 Å². The van der Waals surface area contributed by atoms with Crippen molar-refractivity contribution in [1.29, 1.82) is 0 Å². The zero-order valence-electron chi connectivity index (χ0n) is 16.8. The number of rotatable bonds is 6. The molecule has 0 aliphatic heterocycles. The van der Waals surface area contributed by atoms with Crippen LogP contribution in [0.2, 0.25) is 0 Å². The average Bonchev–Trinajstić information content (AvgIpc) is 3.01. The normalized spacial score (nSPS) is 12.0. The predicted molar refractivity (Wildman–Crippen MR) is 107 cm³/mol. The Bertz CT molecular complexity index is 1130. The number of carbonyl (C=O) groups is 2. The van der Waals surface area contributed by atoms with Gasteiger partial charge < -0.3 is 14.5 Å². The quantitative estimate of drug-likeness (QED) is 0.642. The second-order valence-electron chi connectivity index (χ2n) is 6.76. The van der Waals surface area contributed by atoms with E-state index in [9.17, 15) is 14.4 Å². The van der Waals surface area contributed by atoms with Gasteiger partial charge in [0.2, 0.25) is 11.6 Å². The summed E-state index contributed by atoms with van der Waals surface area (Å²) in [6.07, 6.45) is 1.24. The fraction of sp³-hybridized carbons (Fsp3) is 0.333. The Hall–Kier alpha value is -3.42. The van der Waals surface area contributed by atoms with E-state index >= 15 is 0 Å². The molecule has 152 valence electrons. The lowest BCUT2D eigenvalue weighted by Crippen LogP contribution is -2.34. The number of amides is 1. The number of fused-ring (bicyclic) bond motifs is 1. The third-order valence-corrected chi connectivity index (χ3v) is 4.68. The number of esters is 1. The minimum Gasteiger partial charge on any atom is -0.462 e. The molecule has 1 amide bonds. The molecular formula is C21H23N3O5. The van der Waals surface area contributed by atoms with Crippen molar-refractivity contribution in [1.82, 2.24) is 14.9 Å². The third-order valence-electron chi connectivity index (χ3n) is 4.68. The molecular weight excluding hydrogens is 374 g/mol. The lowest BCUT2D eigenvalue weighted by molar-refractivity contribution is -0.122. The molecule has 8 heteroatoms. The van der Waals surface area contributed by atoms with Crippen LogP contribution in [0.5, 0.6) is 0 Å². The van der Waals surface area contributed by atoms with Gasteiger partial charge in [0.1, 0.15) is 29.6 Å². The number of ether oxygens (including phenoxy) is 1. The molecule has 0 radical (unpaired) electrons. The summed E-state index contributed by atoms with van der Waals surface area (Å²) in [7, 11) is 0. The van der Waals surface area contributed by atoms with Crippen LogP contribution in [-0.2, 0) is 16.1 Å². The van der Waals surface area contributed by atoms with Crippen molar-refractivity contribution in [3.8, 4) is 0 Å². The summed E-state index contributed by atoms with van der Waals surface area (Å²) in [4.78, 5) is 41.7. The van der Waals surface area contributed by atoms with E-state index < -0.39 is 11.5 Å². The minimum atomic E-state index is -0.655. The third kappa shape index (κ3) is 4.06. The summed E-state index contributed by atoms with van der Waals surface area (Å²) in [5.74, 6) is -0.752. The second-order valence-corrected chi connectivity index (χ2v) is 6.76. The molecule has 0 saturated carbocycles. The number of hydrogen-bond donors (Lipinski definition) is 1. The monoisotopic (exact) mass is 397 g/mol. The molecule has 1 aromatic carbocycles. The van der Waals surface area contributed by atoms with Crippen LogP contribution >= 0.6 is 0 Å². The standard InChI is InChI=1S/C21H23N3O5/c1-5-28-21(27)17-14(4)29-19-18(17)20(26)24(11-22-19)10-16(25)23-13(3)15-9-7-6-8-12(15)2/h6-9,11,13H,5,10H2,1-4H3,(H,23,25)/t13-/m0/s1. The summed E-state index contributed by atoms with van der Waals surface area (Å²) in [5, 5.41) is 2.90. The van der Waals surface area contributed by atoms with Crippen LogP contribution in [0.1, 0.15) is 47.1 Å². The molecule has 0 spiro atoms. The van der Waals surface area contributed by atoms with E-state index in [2.05, 4.69) is 10.3 Å². The Labute approximate surface area is 167 Å². The number of nitrogens with one attached hydrogen (secondary N) is 1. The molecule has 2 heterocycles. The zero-order valence-corrected chi connectivity index (χ0v) is 16.8. The molecule has 2 aromatic heterocycles. The summed E-state index contributed by atoms with van der Waals surface area (Å²) in [5.41, 5.74) is 1.61. The van der Waals surface area contributed by atoms with Crippen LogP contribution in [0.3, 0.4) is 0 Å². The van der Waals surface area contributed by atoms with Crippen molar-refractivity contribution in [2.24, 2.45) is 0 Å². The highest BCUT2D eigenvalue weighted by Gasteiger charge is 2.24. The fourth-order valence-corrected chi connectivity index (χ4v) is 3.29. The largest absolute Gasteiger partial charge is 0.462 e. The van der Waals surface area contributed by atoms with Gasteiger partial charge in [0.15, 0.2) is 0 Å². The molecule has 3 aromatic rings. The highest BCUT2D eigenvalue weighted by atomic mass is 16.5. The predicted octanol–water partition coefficient (Wildman–Crippen LogP) is 2.66. The maximum Gasteiger partial charge on any atom is 0.342 e. The first kappa shape index (κ1) is 20.3. The molecule has 29 heavy (non-hydrogen) atoms. The van der Waals surface area contributed by atoms with Crippen LogP contribution in [0.15, 0.2) is 39.8 Å². The van der Waals surface area contributed by atoms with E-state index in [0.717, 1.165) is 15.7 Å². The molecule has 3 rings (SSSR count). The van der Waals surface area contributed by atoms with Gasteiger partial charge in [-0.1, -0.05) is 24.3 Å².